The number of halogens is 3. The molecule has 0 heterocycles. The summed E-state index contributed by atoms with van der Waals surface area (Å²) in [7, 11) is 0. The summed E-state index contributed by atoms with van der Waals surface area (Å²) >= 11 is 17.5. The second kappa shape index (κ2) is 10.2. The van der Waals surface area contributed by atoms with Gasteiger partial charge in [0.05, 0.1) is 27.0 Å². The predicted molar refractivity (Wildman–Crippen MR) is 124 cm³/mol. The molecule has 0 unspecified atom stereocenters. The van der Waals surface area contributed by atoms with E-state index in [0.29, 0.717) is 10.7 Å². The Morgan fingerprint density at radius 3 is 2.16 bits per heavy atom. The van der Waals surface area contributed by atoms with Crippen LogP contribution in [0.4, 0.5) is 15.8 Å². The van der Waals surface area contributed by atoms with E-state index in [1.54, 1.807) is 30.3 Å². The Hall–Kier alpha value is -3.20. The van der Waals surface area contributed by atoms with Gasteiger partial charge >= 0.3 is 0 Å². The first-order chi connectivity index (χ1) is 14.8. The Morgan fingerprint density at radius 2 is 1.45 bits per heavy atom. The number of anilines is 2. The summed E-state index contributed by atoms with van der Waals surface area (Å²) in [6.07, 6.45) is 0. The number of amides is 2. The zero-order chi connectivity index (χ0) is 22.4. The highest BCUT2D eigenvalue weighted by Gasteiger charge is 2.16. The lowest BCUT2D eigenvalue weighted by Gasteiger charge is -2.14. The molecule has 2 amide bonds. The minimum absolute atomic E-state index is 0.0299. The first kappa shape index (κ1) is 22.5. The number of hydrazine groups is 1. The van der Waals surface area contributed by atoms with Crippen LogP contribution < -0.4 is 21.5 Å². The molecule has 10 heteroatoms. The zero-order valence-electron chi connectivity index (χ0n) is 15.7. The van der Waals surface area contributed by atoms with Gasteiger partial charge in [0, 0.05) is 5.56 Å². The quantitative estimate of drug-likeness (QED) is 0.314. The van der Waals surface area contributed by atoms with Gasteiger partial charge in [0.15, 0.2) is 5.11 Å². The maximum absolute atomic E-state index is 13.0. The van der Waals surface area contributed by atoms with Gasteiger partial charge in [-0.05, 0) is 60.7 Å². The first-order valence-electron chi connectivity index (χ1n) is 8.82. The number of para-hydroxylation sites is 1. The van der Waals surface area contributed by atoms with Crippen LogP contribution in [-0.4, -0.2) is 16.9 Å². The molecular weight excluding hydrogens is 462 g/mol. The van der Waals surface area contributed by atoms with Crippen molar-refractivity contribution in [1.82, 2.24) is 10.9 Å². The molecule has 0 atom stereocenters. The number of nitrogens with one attached hydrogen (secondary N) is 4. The molecule has 0 bridgehead atoms. The van der Waals surface area contributed by atoms with Crippen molar-refractivity contribution in [3.63, 3.8) is 0 Å². The SMILES string of the molecule is O=C(Nc1cccc(C(=O)NNC(=S)Nc2ccccc2Cl)c1Cl)c1ccc(F)cc1. The summed E-state index contributed by atoms with van der Waals surface area (Å²) in [6, 6.07) is 16.6. The average molecular weight is 477 g/mol. The van der Waals surface area contributed by atoms with E-state index in [0.717, 1.165) is 0 Å². The summed E-state index contributed by atoms with van der Waals surface area (Å²) in [6.45, 7) is 0. The largest absolute Gasteiger partial charge is 0.330 e. The van der Waals surface area contributed by atoms with Crippen LogP contribution in [0.1, 0.15) is 20.7 Å². The smallest absolute Gasteiger partial charge is 0.271 e. The minimum atomic E-state index is -0.578. The second-order valence-electron chi connectivity index (χ2n) is 6.14. The van der Waals surface area contributed by atoms with Gasteiger partial charge < -0.3 is 10.6 Å². The van der Waals surface area contributed by atoms with Gasteiger partial charge in [0.1, 0.15) is 5.82 Å². The summed E-state index contributed by atoms with van der Waals surface area (Å²) in [4.78, 5) is 24.8. The molecule has 0 aromatic heterocycles. The van der Waals surface area contributed by atoms with E-state index in [-0.39, 0.29) is 26.9 Å². The Bertz CT molecular complexity index is 1140. The third-order valence-corrected chi connectivity index (χ3v) is 4.95. The Kier molecular flexibility index (Phi) is 7.41. The van der Waals surface area contributed by atoms with Crippen molar-refractivity contribution in [1.29, 1.82) is 0 Å². The van der Waals surface area contributed by atoms with E-state index >= 15 is 0 Å². The maximum atomic E-state index is 13.0. The summed E-state index contributed by atoms with van der Waals surface area (Å²) in [5, 5.41) is 6.05. The number of hydrogen-bond acceptors (Lipinski definition) is 3. The highest BCUT2D eigenvalue weighted by molar-refractivity contribution is 7.80. The lowest BCUT2D eigenvalue weighted by atomic mass is 10.1. The minimum Gasteiger partial charge on any atom is -0.330 e. The highest BCUT2D eigenvalue weighted by atomic mass is 35.5. The molecule has 3 aromatic carbocycles. The third-order valence-electron chi connectivity index (χ3n) is 4.01. The molecule has 0 aliphatic carbocycles. The molecule has 4 N–H and O–H groups in total. The molecule has 3 aromatic rings. The number of carbonyl (C=O) groups excluding carboxylic acids is 2. The van der Waals surface area contributed by atoms with Gasteiger partial charge in [0.25, 0.3) is 11.8 Å². The van der Waals surface area contributed by atoms with Crippen LogP contribution in [0.5, 0.6) is 0 Å². The van der Waals surface area contributed by atoms with Gasteiger partial charge in [-0.25, -0.2) is 4.39 Å². The Morgan fingerprint density at radius 1 is 0.774 bits per heavy atom. The van der Waals surface area contributed by atoms with E-state index in [9.17, 15) is 14.0 Å². The van der Waals surface area contributed by atoms with Crippen molar-refractivity contribution in [2.45, 2.75) is 0 Å². The van der Waals surface area contributed by atoms with Crippen LogP contribution >= 0.6 is 35.4 Å². The van der Waals surface area contributed by atoms with E-state index in [1.165, 1.54) is 36.4 Å². The lowest BCUT2D eigenvalue weighted by Crippen LogP contribution is -2.43. The summed E-state index contributed by atoms with van der Waals surface area (Å²) < 4.78 is 13.0. The first-order valence-corrected chi connectivity index (χ1v) is 9.99. The molecule has 0 radical (unpaired) electrons. The van der Waals surface area contributed by atoms with Crippen LogP contribution in [0.25, 0.3) is 0 Å². The molecule has 0 fully saturated rings. The number of benzene rings is 3. The summed E-state index contributed by atoms with van der Waals surface area (Å²) in [5.74, 6) is -1.53. The molecule has 31 heavy (non-hydrogen) atoms. The topological polar surface area (TPSA) is 82.3 Å². The van der Waals surface area contributed by atoms with Gasteiger partial charge in [-0.3, -0.25) is 20.4 Å². The van der Waals surface area contributed by atoms with Gasteiger partial charge in [0.2, 0.25) is 0 Å². The Balaban J connectivity index is 1.64. The normalized spacial score (nSPS) is 10.2. The summed E-state index contributed by atoms with van der Waals surface area (Å²) in [5.41, 5.74) is 6.11. The van der Waals surface area contributed by atoms with E-state index in [4.69, 9.17) is 35.4 Å². The Labute approximate surface area is 192 Å². The average Bonchev–Trinajstić information content (AvgIpc) is 2.75. The zero-order valence-corrected chi connectivity index (χ0v) is 18.0. The van der Waals surface area contributed by atoms with Gasteiger partial charge in [-0.15, -0.1) is 0 Å². The number of hydrogen-bond donors (Lipinski definition) is 4. The molecule has 0 saturated heterocycles. The van der Waals surface area contributed by atoms with Gasteiger partial charge in [-0.1, -0.05) is 41.4 Å². The molecule has 6 nitrogen and oxygen atoms in total. The van der Waals surface area contributed by atoms with Crippen LogP contribution in [0, 0.1) is 5.82 Å². The monoisotopic (exact) mass is 476 g/mol. The molecule has 3 rings (SSSR count). The fraction of sp³-hybridized carbons (Fsp3) is 0. The molecule has 0 saturated carbocycles. The fourth-order valence-electron chi connectivity index (χ4n) is 2.50. The maximum Gasteiger partial charge on any atom is 0.271 e. The van der Waals surface area contributed by atoms with E-state index < -0.39 is 17.6 Å². The van der Waals surface area contributed by atoms with Crippen LogP contribution in [0.2, 0.25) is 10.0 Å². The fourth-order valence-corrected chi connectivity index (χ4v) is 3.10. The number of rotatable bonds is 4. The number of thiocarbonyl (C=S) groups is 1. The standard InChI is InChI=1S/C21H15Cl2FN4O2S/c22-15-5-1-2-6-16(15)26-21(31)28-27-20(30)14-4-3-7-17(18(14)23)25-19(29)12-8-10-13(24)11-9-12/h1-11H,(H,25,29)(H,27,30)(H2,26,28,31). The van der Waals surface area contributed by atoms with Gasteiger partial charge in [-0.2, -0.15) is 0 Å². The van der Waals surface area contributed by atoms with Crippen LogP contribution in [-0.2, 0) is 0 Å². The van der Waals surface area contributed by atoms with Crippen molar-refractivity contribution in [2.24, 2.45) is 0 Å². The lowest BCUT2D eigenvalue weighted by molar-refractivity contribution is 0.0943. The van der Waals surface area contributed by atoms with Crippen molar-refractivity contribution in [3.8, 4) is 0 Å². The van der Waals surface area contributed by atoms with Crippen LogP contribution in [0.15, 0.2) is 66.7 Å². The van der Waals surface area contributed by atoms with Crippen molar-refractivity contribution in [2.75, 3.05) is 10.6 Å². The molecular formula is C21H15Cl2FN4O2S. The van der Waals surface area contributed by atoms with Crippen LogP contribution in [0.3, 0.4) is 0 Å². The van der Waals surface area contributed by atoms with Crippen molar-refractivity contribution < 1.29 is 14.0 Å². The third kappa shape index (κ3) is 5.91. The van der Waals surface area contributed by atoms with E-state index in [2.05, 4.69) is 21.5 Å². The second-order valence-corrected chi connectivity index (χ2v) is 7.33. The van der Waals surface area contributed by atoms with Crippen molar-refractivity contribution >= 4 is 63.7 Å². The molecule has 158 valence electrons. The highest BCUT2D eigenvalue weighted by Crippen LogP contribution is 2.26. The number of carbonyl (C=O) groups is 2. The molecule has 0 spiro atoms. The predicted octanol–water partition coefficient (Wildman–Crippen LogP) is 5.02. The molecule has 0 aliphatic heterocycles. The molecule has 0 aliphatic rings. The van der Waals surface area contributed by atoms with Crippen molar-refractivity contribution in [3.05, 3.63) is 93.7 Å². The van der Waals surface area contributed by atoms with E-state index in [1.807, 2.05) is 0 Å².